The minimum atomic E-state index is -3.89. The van der Waals surface area contributed by atoms with Gasteiger partial charge in [-0.05, 0) is 12.8 Å². The fourth-order valence-electron chi connectivity index (χ4n) is 1.13. The topological polar surface area (TPSA) is 108 Å². The van der Waals surface area contributed by atoms with Crippen LogP contribution in [0.25, 0.3) is 0 Å². The molecular formula is C8H11N3O3S. The SMILES string of the molecule is Nc1c(OC2CC2)ccnc1S(N)(=O)=O. The summed E-state index contributed by atoms with van der Waals surface area (Å²) < 4.78 is 27.6. The van der Waals surface area contributed by atoms with E-state index in [2.05, 4.69) is 4.98 Å². The number of anilines is 1. The van der Waals surface area contributed by atoms with Crippen molar-refractivity contribution < 1.29 is 13.2 Å². The van der Waals surface area contributed by atoms with Gasteiger partial charge in [0.2, 0.25) is 0 Å². The van der Waals surface area contributed by atoms with Gasteiger partial charge < -0.3 is 10.5 Å². The molecule has 0 unspecified atom stereocenters. The number of aromatic nitrogens is 1. The van der Waals surface area contributed by atoms with Crippen LogP contribution in [0.1, 0.15) is 12.8 Å². The van der Waals surface area contributed by atoms with E-state index >= 15 is 0 Å². The zero-order valence-electron chi connectivity index (χ0n) is 7.88. The minimum absolute atomic E-state index is 0.0214. The molecule has 0 radical (unpaired) electrons. The van der Waals surface area contributed by atoms with Crippen LogP contribution in [-0.2, 0) is 10.0 Å². The van der Waals surface area contributed by atoms with Crippen LogP contribution in [0.4, 0.5) is 5.69 Å². The first-order valence-electron chi connectivity index (χ1n) is 4.42. The van der Waals surface area contributed by atoms with Crippen molar-refractivity contribution in [3.05, 3.63) is 12.3 Å². The number of pyridine rings is 1. The number of hydrogen-bond acceptors (Lipinski definition) is 5. The maximum absolute atomic E-state index is 11.1. The Kier molecular flexibility index (Phi) is 2.28. The van der Waals surface area contributed by atoms with Crippen LogP contribution in [0.2, 0.25) is 0 Å². The van der Waals surface area contributed by atoms with Gasteiger partial charge in [-0.1, -0.05) is 0 Å². The van der Waals surface area contributed by atoms with Crippen LogP contribution in [0, 0.1) is 0 Å². The Morgan fingerprint density at radius 2 is 2.13 bits per heavy atom. The minimum Gasteiger partial charge on any atom is -0.488 e. The Morgan fingerprint density at radius 3 is 2.67 bits per heavy atom. The highest BCUT2D eigenvalue weighted by Gasteiger charge is 2.26. The molecule has 1 heterocycles. The van der Waals surface area contributed by atoms with E-state index < -0.39 is 10.0 Å². The number of ether oxygens (including phenoxy) is 1. The average Bonchev–Trinajstić information content (AvgIpc) is 2.90. The lowest BCUT2D eigenvalue weighted by Crippen LogP contribution is -2.16. The molecule has 1 saturated carbocycles. The van der Waals surface area contributed by atoms with Gasteiger partial charge >= 0.3 is 0 Å². The third kappa shape index (κ3) is 2.18. The fourth-order valence-corrected chi connectivity index (χ4v) is 1.75. The molecule has 82 valence electrons. The number of hydrogen-bond donors (Lipinski definition) is 2. The van der Waals surface area contributed by atoms with Gasteiger partial charge in [0.05, 0.1) is 6.10 Å². The summed E-state index contributed by atoms with van der Waals surface area (Å²) in [5.41, 5.74) is 5.58. The van der Waals surface area contributed by atoms with Crippen molar-refractivity contribution in [1.82, 2.24) is 4.98 Å². The van der Waals surface area contributed by atoms with Crippen molar-refractivity contribution in [3.63, 3.8) is 0 Å². The summed E-state index contributed by atoms with van der Waals surface area (Å²) >= 11 is 0. The molecule has 0 aromatic carbocycles. The average molecular weight is 229 g/mol. The van der Waals surface area contributed by atoms with Crippen LogP contribution in [0.3, 0.4) is 0 Å². The van der Waals surface area contributed by atoms with Gasteiger partial charge in [-0.3, -0.25) is 0 Å². The molecule has 1 aliphatic rings. The maximum Gasteiger partial charge on any atom is 0.257 e. The summed E-state index contributed by atoms with van der Waals surface area (Å²) in [5, 5.41) is 4.61. The summed E-state index contributed by atoms with van der Waals surface area (Å²) in [6.45, 7) is 0. The molecule has 0 bridgehead atoms. The van der Waals surface area contributed by atoms with E-state index in [9.17, 15) is 8.42 Å². The second kappa shape index (κ2) is 3.35. The Morgan fingerprint density at radius 1 is 1.47 bits per heavy atom. The number of nitrogen functional groups attached to an aromatic ring is 1. The molecule has 6 nitrogen and oxygen atoms in total. The van der Waals surface area contributed by atoms with Crippen LogP contribution in [0.15, 0.2) is 17.3 Å². The molecule has 1 fully saturated rings. The van der Waals surface area contributed by atoms with Crippen LogP contribution in [-0.4, -0.2) is 19.5 Å². The zero-order chi connectivity index (χ0) is 11.1. The molecule has 4 N–H and O–H groups in total. The molecule has 1 aromatic rings. The van der Waals surface area contributed by atoms with Gasteiger partial charge in [-0.25, -0.2) is 18.5 Å². The first-order chi connectivity index (χ1) is 6.98. The van der Waals surface area contributed by atoms with E-state index in [-0.39, 0.29) is 16.8 Å². The fraction of sp³-hybridized carbons (Fsp3) is 0.375. The van der Waals surface area contributed by atoms with Crippen LogP contribution < -0.4 is 15.6 Å². The maximum atomic E-state index is 11.1. The van der Waals surface area contributed by atoms with Crippen molar-refractivity contribution in [3.8, 4) is 5.75 Å². The Labute approximate surface area is 87.3 Å². The number of nitrogens with two attached hydrogens (primary N) is 2. The van der Waals surface area contributed by atoms with Crippen LogP contribution >= 0.6 is 0 Å². The first-order valence-corrected chi connectivity index (χ1v) is 5.97. The third-order valence-corrected chi connectivity index (χ3v) is 2.87. The zero-order valence-corrected chi connectivity index (χ0v) is 8.70. The molecular weight excluding hydrogens is 218 g/mol. The van der Waals surface area contributed by atoms with Crippen LogP contribution in [0.5, 0.6) is 5.75 Å². The van der Waals surface area contributed by atoms with Crippen molar-refractivity contribution >= 4 is 15.7 Å². The summed E-state index contributed by atoms with van der Waals surface area (Å²) in [4.78, 5) is 3.62. The lowest BCUT2D eigenvalue weighted by atomic mass is 10.4. The molecule has 1 aromatic heterocycles. The molecule has 0 saturated heterocycles. The Balaban J connectivity index is 2.40. The quantitative estimate of drug-likeness (QED) is 0.749. The van der Waals surface area contributed by atoms with Gasteiger partial charge in [0.15, 0.2) is 5.03 Å². The highest BCUT2D eigenvalue weighted by atomic mass is 32.2. The van der Waals surface area contributed by atoms with Gasteiger partial charge in [-0.15, -0.1) is 0 Å². The lowest BCUT2D eigenvalue weighted by molar-refractivity contribution is 0.303. The molecule has 0 spiro atoms. The molecule has 0 atom stereocenters. The van der Waals surface area contributed by atoms with Crippen molar-refractivity contribution in [2.75, 3.05) is 5.73 Å². The van der Waals surface area contributed by atoms with E-state index in [4.69, 9.17) is 15.6 Å². The number of sulfonamides is 1. The van der Waals surface area contributed by atoms with Gasteiger partial charge in [0.25, 0.3) is 10.0 Å². The monoisotopic (exact) mass is 229 g/mol. The smallest absolute Gasteiger partial charge is 0.257 e. The first kappa shape index (κ1) is 10.2. The molecule has 0 amide bonds. The molecule has 1 aliphatic carbocycles. The second-order valence-electron chi connectivity index (χ2n) is 3.39. The summed E-state index contributed by atoms with van der Waals surface area (Å²) in [5.74, 6) is 0.330. The Bertz CT molecular complexity index is 482. The highest BCUT2D eigenvalue weighted by Crippen LogP contribution is 2.32. The standard InChI is InChI=1S/C8H11N3O3S/c9-7-6(14-5-1-2-5)3-4-11-8(7)15(10,12)13/h3-5H,1-2,9H2,(H2,10,12,13). The number of primary sulfonamides is 1. The van der Waals surface area contributed by atoms with Gasteiger partial charge in [-0.2, -0.15) is 0 Å². The van der Waals surface area contributed by atoms with E-state index in [1.54, 1.807) is 0 Å². The largest absolute Gasteiger partial charge is 0.488 e. The third-order valence-electron chi connectivity index (χ3n) is 2.00. The summed E-state index contributed by atoms with van der Waals surface area (Å²) in [6, 6.07) is 1.53. The highest BCUT2D eigenvalue weighted by molar-refractivity contribution is 7.89. The van der Waals surface area contributed by atoms with E-state index in [1.165, 1.54) is 12.3 Å². The molecule has 15 heavy (non-hydrogen) atoms. The van der Waals surface area contributed by atoms with Gasteiger partial charge in [0.1, 0.15) is 11.4 Å². The normalized spacial score (nSPS) is 16.3. The Hall–Kier alpha value is -1.34. The molecule has 7 heteroatoms. The molecule has 2 rings (SSSR count). The summed E-state index contributed by atoms with van der Waals surface area (Å²) in [6.07, 6.45) is 3.38. The lowest BCUT2D eigenvalue weighted by Gasteiger charge is -2.09. The number of rotatable bonds is 3. The van der Waals surface area contributed by atoms with E-state index in [0.29, 0.717) is 5.75 Å². The van der Waals surface area contributed by atoms with E-state index in [1.807, 2.05) is 0 Å². The molecule has 0 aliphatic heterocycles. The van der Waals surface area contributed by atoms with Crippen molar-refractivity contribution in [2.24, 2.45) is 5.14 Å². The predicted octanol–water partition coefficient (Wildman–Crippen LogP) is -0.148. The van der Waals surface area contributed by atoms with E-state index in [0.717, 1.165) is 12.8 Å². The van der Waals surface area contributed by atoms with Crippen molar-refractivity contribution in [1.29, 1.82) is 0 Å². The predicted molar refractivity (Wildman–Crippen MR) is 53.7 cm³/mol. The van der Waals surface area contributed by atoms with Gasteiger partial charge in [0, 0.05) is 12.3 Å². The second-order valence-corrected chi connectivity index (χ2v) is 4.87. The summed E-state index contributed by atoms with van der Waals surface area (Å²) in [7, 11) is -3.89. The number of nitrogens with zero attached hydrogens (tertiary/aromatic N) is 1. The van der Waals surface area contributed by atoms with Crippen molar-refractivity contribution in [2.45, 2.75) is 24.0 Å².